The molecule has 3 heterocycles. The first-order chi connectivity index (χ1) is 23.1. The van der Waals surface area contributed by atoms with E-state index in [1.807, 2.05) is 12.1 Å². The van der Waals surface area contributed by atoms with E-state index >= 15 is 0 Å². The van der Waals surface area contributed by atoms with E-state index in [2.05, 4.69) is 152 Å². The van der Waals surface area contributed by atoms with Crippen molar-refractivity contribution in [2.24, 2.45) is 21.8 Å². The Balaban J connectivity index is 1.14. The molecular formula is C42H34N4O. The third-order valence-electron chi connectivity index (χ3n) is 9.88. The Kier molecular flexibility index (Phi) is 6.46. The fourth-order valence-corrected chi connectivity index (χ4v) is 7.46. The molecule has 1 aliphatic carbocycles. The number of benzene rings is 5. The third-order valence-corrected chi connectivity index (χ3v) is 9.88. The molecule has 0 saturated heterocycles. The summed E-state index contributed by atoms with van der Waals surface area (Å²) in [5.41, 5.74) is 7.80. The molecule has 0 saturated carbocycles. The zero-order valence-corrected chi connectivity index (χ0v) is 26.3. The molecule has 0 amide bonds. The predicted octanol–water partition coefficient (Wildman–Crippen LogP) is 9.62. The maximum atomic E-state index is 6.73. The predicted molar refractivity (Wildman–Crippen MR) is 193 cm³/mol. The molecule has 47 heavy (non-hydrogen) atoms. The topological polar surface area (TPSA) is 53.1 Å². The van der Waals surface area contributed by atoms with Gasteiger partial charge in [-0.15, -0.1) is 0 Å². The van der Waals surface area contributed by atoms with E-state index in [9.17, 15) is 0 Å². The molecule has 4 unspecified atom stereocenters. The van der Waals surface area contributed by atoms with Gasteiger partial charge in [-0.05, 0) is 39.9 Å². The van der Waals surface area contributed by atoms with Crippen LogP contribution in [0.5, 0.6) is 0 Å². The first-order valence-corrected chi connectivity index (χ1v) is 16.3. The fraction of sp³-hybridized carbons (Fsp3) is 0.143. The summed E-state index contributed by atoms with van der Waals surface area (Å²) in [5.74, 6) is 3.27. The second-order valence-electron chi connectivity index (χ2n) is 12.7. The first-order valence-electron chi connectivity index (χ1n) is 16.3. The van der Waals surface area contributed by atoms with Crippen molar-refractivity contribution in [1.29, 1.82) is 0 Å². The van der Waals surface area contributed by atoms with Crippen molar-refractivity contribution < 1.29 is 4.42 Å². The number of nitrogens with one attached hydrogen (secondary N) is 1. The Morgan fingerprint density at radius 3 is 2.23 bits per heavy atom. The van der Waals surface area contributed by atoms with E-state index in [4.69, 9.17) is 14.4 Å². The Bertz CT molecular complexity index is 2280. The normalized spacial score (nSPS) is 21.6. The molecule has 2 aliphatic heterocycles. The van der Waals surface area contributed by atoms with Crippen molar-refractivity contribution in [3.05, 3.63) is 162 Å². The molecule has 9 rings (SSSR count). The van der Waals surface area contributed by atoms with Crippen molar-refractivity contribution in [2.75, 3.05) is 11.9 Å². The summed E-state index contributed by atoms with van der Waals surface area (Å²) in [5, 5.41) is 7.19. The van der Waals surface area contributed by atoms with Gasteiger partial charge >= 0.3 is 0 Å². The molecule has 1 aromatic heterocycles. The minimum Gasteiger partial charge on any atom is -0.458 e. The number of anilines is 1. The third kappa shape index (κ3) is 4.53. The molecule has 5 heteroatoms. The monoisotopic (exact) mass is 610 g/mol. The van der Waals surface area contributed by atoms with Crippen molar-refractivity contribution in [2.45, 2.75) is 19.1 Å². The van der Waals surface area contributed by atoms with Crippen LogP contribution in [0, 0.1) is 11.8 Å². The highest BCUT2D eigenvalue weighted by Gasteiger charge is 2.36. The van der Waals surface area contributed by atoms with Crippen LogP contribution in [0.2, 0.25) is 0 Å². The van der Waals surface area contributed by atoms with Gasteiger partial charge < -0.3 is 14.6 Å². The van der Waals surface area contributed by atoms with Crippen LogP contribution < -0.4 is 10.2 Å². The van der Waals surface area contributed by atoms with Crippen LogP contribution in [0.15, 0.2) is 154 Å². The molecule has 0 bridgehead atoms. The van der Waals surface area contributed by atoms with Gasteiger partial charge in [0.2, 0.25) is 0 Å². The second-order valence-corrected chi connectivity index (χ2v) is 12.7. The van der Waals surface area contributed by atoms with Crippen LogP contribution in [0.25, 0.3) is 32.9 Å². The average Bonchev–Trinajstić information content (AvgIpc) is 3.51. The van der Waals surface area contributed by atoms with E-state index < -0.39 is 0 Å². The van der Waals surface area contributed by atoms with Crippen molar-refractivity contribution in [3.8, 4) is 11.1 Å². The highest BCUT2D eigenvalue weighted by atomic mass is 16.3. The lowest BCUT2D eigenvalue weighted by Crippen LogP contribution is -2.41. The van der Waals surface area contributed by atoms with Crippen molar-refractivity contribution in [3.63, 3.8) is 0 Å². The van der Waals surface area contributed by atoms with Crippen LogP contribution >= 0.6 is 0 Å². The minimum atomic E-state index is -0.347. The Morgan fingerprint density at radius 2 is 1.40 bits per heavy atom. The van der Waals surface area contributed by atoms with Gasteiger partial charge in [0.1, 0.15) is 29.1 Å². The molecule has 3 aliphatic rings. The molecule has 5 aromatic carbocycles. The van der Waals surface area contributed by atoms with E-state index in [1.54, 1.807) is 0 Å². The quantitative estimate of drug-likeness (QED) is 0.216. The number of aliphatic imine (C=N–C) groups is 2. The largest absolute Gasteiger partial charge is 0.458 e. The molecule has 0 spiro atoms. The average molecular weight is 611 g/mol. The van der Waals surface area contributed by atoms with Gasteiger partial charge in [0, 0.05) is 40.7 Å². The van der Waals surface area contributed by atoms with Crippen LogP contribution in [0.3, 0.4) is 0 Å². The summed E-state index contributed by atoms with van der Waals surface area (Å²) in [7, 11) is 2.18. The number of para-hydroxylation sites is 1. The molecule has 228 valence electrons. The number of hydrogen-bond acceptors (Lipinski definition) is 5. The molecule has 0 radical (unpaired) electrons. The van der Waals surface area contributed by atoms with Gasteiger partial charge in [0.05, 0.1) is 0 Å². The number of allylic oxidation sites excluding steroid dienone is 3. The number of amidine groups is 2. The van der Waals surface area contributed by atoms with E-state index in [0.717, 1.165) is 45.1 Å². The number of hydrogen-bond donors (Lipinski definition) is 1. The number of furan rings is 1. The maximum absolute atomic E-state index is 6.73. The van der Waals surface area contributed by atoms with Crippen LogP contribution in [0.1, 0.15) is 41.6 Å². The van der Waals surface area contributed by atoms with E-state index in [1.165, 1.54) is 27.6 Å². The van der Waals surface area contributed by atoms with E-state index in [0.29, 0.717) is 5.92 Å². The standard InChI is InChI=1S/C42H34N4O/c1-26-12-6-8-16-31(26)42-44-40(29-14-4-3-5-15-29)43-41(45-42)30-22-20-28(21-23-30)38-39-37(33-18-10-11-19-35(33)47-39)36-32-17-9-7-13-27(32)24-25-34(36)46(38)2/h3-26,31,38,41H,1-2H3,(H,43,44,45). The van der Waals surface area contributed by atoms with Crippen LogP contribution in [0.4, 0.5) is 5.69 Å². The number of rotatable bonds is 4. The minimum absolute atomic E-state index is 0.0874. The van der Waals surface area contributed by atoms with Gasteiger partial charge in [-0.25, -0.2) is 9.98 Å². The van der Waals surface area contributed by atoms with Gasteiger partial charge in [0.15, 0.2) is 6.17 Å². The maximum Gasteiger partial charge on any atom is 0.169 e. The van der Waals surface area contributed by atoms with Gasteiger partial charge in [-0.2, -0.15) is 0 Å². The van der Waals surface area contributed by atoms with Crippen molar-refractivity contribution >= 4 is 39.1 Å². The Labute approximate surface area is 274 Å². The zero-order valence-electron chi connectivity index (χ0n) is 26.3. The lowest BCUT2D eigenvalue weighted by atomic mass is 9.86. The summed E-state index contributed by atoms with van der Waals surface area (Å²) in [6.07, 6.45) is 8.35. The summed E-state index contributed by atoms with van der Waals surface area (Å²) < 4.78 is 6.73. The SMILES string of the molecule is CC1C=CC=CC1C1=NC(c2ccc(C3c4oc5ccccc5c4-c4c(ccc5ccccc45)N3C)cc2)N=C(c2ccccc2)N1. The molecule has 5 nitrogen and oxygen atoms in total. The zero-order chi connectivity index (χ0) is 31.5. The smallest absolute Gasteiger partial charge is 0.169 e. The number of fused-ring (bicyclic) bond motifs is 7. The van der Waals surface area contributed by atoms with Gasteiger partial charge in [-0.3, -0.25) is 0 Å². The van der Waals surface area contributed by atoms with Crippen LogP contribution in [-0.2, 0) is 0 Å². The Hall–Kier alpha value is -5.68. The molecule has 4 atom stereocenters. The van der Waals surface area contributed by atoms with Gasteiger partial charge in [-0.1, -0.05) is 134 Å². The molecule has 1 N–H and O–H groups in total. The second kappa shape index (κ2) is 11.0. The highest BCUT2D eigenvalue weighted by molar-refractivity contribution is 6.12. The van der Waals surface area contributed by atoms with E-state index in [-0.39, 0.29) is 18.1 Å². The summed E-state index contributed by atoms with van der Waals surface area (Å²) >= 11 is 0. The summed E-state index contributed by atoms with van der Waals surface area (Å²) in [6.45, 7) is 2.24. The van der Waals surface area contributed by atoms with Gasteiger partial charge in [0.25, 0.3) is 0 Å². The lowest BCUT2D eigenvalue weighted by Gasteiger charge is -2.36. The van der Waals surface area contributed by atoms with Crippen molar-refractivity contribution in [1.82, 2.24) is 5.32 Å². The summed E-state index contributed by atoms with van der Waals surface area (Å²) in [4.78, 5) is 12.7. The first kappa shape index (κ1) is 27.6. The molecule has 6 aromatic rings. The lowest BCUT2D eigenvalue weighted by molar-refractivity contribution is 0.514. The fourth-order valence-electron chi connectivity index (χ4n) is 7.46. The molecular weight excluding hydrogens is 576 g/mol. The highest BCUT2D eigenvalue weighted by Crippen LogP contribution is 2.53. The Morgan fingerprint density at radius 1 is 0.681 bits per heavy atom. The summed E-state index contributed by atoms with van der Waals surface area (Å²) in [6, 6.07) is 40.6. The molecule has 0 fully saturated rings. The number of nitrogens with zero attached hydrogens (tertiary/aromatic N) is 3. The van der Waals surface area contributed by atoms with Crippen LogP contribution in [-0.4, -0.2) is 18.7 Å².